The van der Waals surface area contributed by atoms with Crippen molar-refractivity contribution in [2.75, 3.05) is 14.2 Å². The van der Waals surface area contributed by atoms with Crippen LogP contribution in [-0.2, 0) is 12.8 Å². The van der Waals surface area contributed by atoms with Gasteiger partial charge in [-0.1, -0.05) is 24.3 Å². The summed E-state index contributed by atoms with van der Waals surface area (Å²) in [6.45, 7) is 0. The first-order valence-corrected chi connectivity index (χ1v) is 6.76. The van der Waals surface area contributed by atoms with Crippen molar-refractivity contribution in [2.45, 2.75) is 18.9 Å². The maximum absolute atomic E-state index is 12.9. The molecule has 20 heavy (non-hydrogen) atoms. The Kier molecular flexibility index (Phi) is 5.13. The number of nitrogens with one attached hydrogen (secondary N) is 1. The molecule has 1 unspecified atom stereocenters. The van der Waals surface area contributed by atoms with Gasteiger partial charge in [-0.3, -0.25) is 0 Å². The molecule has 2 aromatic carbocycles. The second kappa shape index (κ2) is 7.06. The average molecular weight is 273 g/mol. The van der Waals surface area contributed by atoms with Crippen LogP contribution in [-0.4, -0.2) is 20.2 Å². The first kappa shape index (κ1) is 14.5. The number of hydrogen-bond donors (Lipinski definition) is 1. The minimum absolute atomic E-state index is 0.190. The van der Waals surface area contributed by atoms with E-state index in [1.54, 1.807) is 7.11 Å². The van der Waals surface area contributed by atoms with Crippen molar-refractivity contribution >= 4 is 0 Å². The molecule has 0 fully saturated rings. The maximum Gasteiger partial charge on any atom is 0.123 e. The lowest BCUT2D eigenvalue weighted by Crippen LogP contribution is -2.29. The lowest BCUT2D eigenvalue weighted by atomic mass is 9.99. The van der Waals surface area contributed by atoms with E-state index in [2.05, 4.69) is 17.4 Å². The molecule has 0 amide bonds. The van der Waals surface area contributed by atoms with E-state index in [9.17, 15) is 4.39 Å². The predicted octanol–water partition coefficient (Wildman–Crippen LogP) is 3.21. The zero-order valence-electron chi connectivity index (χ0n) is 11.9. The molecule has 2 rings (SSSR count). The fourth-order valence-electron chi connectivity index (χ4n) is 2.23. The summed E-state index contributed by atoms with van der Waals surface area (Å²) in [6, 6.07) is 15.1. The number of halogens is 1. The van der Waals surface area contributed by atoms with Crippen LogP contribution in [0.3, 0.4) is 0 Å². The van der Waals surface area contributed by atoms with Gasteiger partial charge in [0, 0.05) is 6.04 Å². The molecule has 0 bridgehead atoms. The van der Waals surface area contributed by atoms with Crippen LogP contribution in [0.1, 0.15) is 11.1 Å². The molecule has 0 spiro atoms. The van der Waals surface area contributed by atoms with Gasteiger partial charge in [0.25, 0.3) is 0 Å². The van der Waals surface area contributed by atoms with Gasteiger partial charge in [-0.2, -0.15) is 0 Å². The fourth-order valence-corrected chi connectivity index (χ4v) is 2.23. The third-order valence-electron chi connectivity index (χ3n) is 3.44. The highest BCUT2D eigenvalue weighted by Gasteiger charge is 2.08. The Bertz CT molecular complexity index is 522. The van der Waals surface area contributed by atoms with Crippen LogP contribution in [0.2, 0.25) is 0 Å². The Morgan fingerprint density at radius 1 is 0.950 bits per heavy atom. The van der Waals surface area contributed by atoms with Crippen molar-refractivity contribution in [3.8, 4) is 5.75 Å². The Labute approximate surface area is 119 Å². The smallest absolute Gasteiger partial charge is 0.123 e. The van der Waals surface area contributed by atoms with E-state index >= 15 is 0 Å². The van der Waals surface area contributed by atoms with Gasteiger partial charge in [-0.25, -0.2) is 4.39 Å². The topological polar surface area (TPSA) is 21.3 Å². The van der Waals surface area contributed by atoms with E-state index < -0.39 is 0 Å². The molecule has 2 nitrogen and oxygen atoms in total. The van der Waals surface area contributed by atoms with E-state index in [0.29, 0.717) is 6.04 Å². The van der Waals surface area contributed by atoms with E-state index in [4.69, 9.17) is 4.74 Å². The van der Waals surface area contributed by atoms with Gasteiger partial charge in [0.2, 0.25) is 0 Å². The van der Waals surface area contributed by atoms with Crippen LogP contribution >= 0.6 is 0 Å². The summed E-state index contributed by atoms with van der Waals surface area (Å²) >= 11 is 0. The van der Waals surface area contributed by atoms with Gasteiger partial charge >= 0.3 is 0 Å². The maximum atomic E-state index is 12.9. The highest BCUT2D eigenvalue weighted by Crippen LogP contribution is 2.14. The molecular weight excluding hydrogens is 253 g/mol. The molecule has 0 aliphatic rings. The van der Waals surface area contributed by atoms with E-state index in [-0.39, 0.29) is 5.82 Å². The van der Waals surface area contributed by atoms with Gasteiger partial charge in [-0.05, 0) is 55.3 Å². The molecule has 3 heteroatoms. The number of ether oxygens (including phenoxy) is 1. The summed E-state index contributed by atoms with van der Waals surface area (Å²) in [6.07, 6.45) is 1.81. The number of likely N-dealkylation sites (N-methyl/N-ethyl adjacent to an activating group) is 1. The molecule has 0 aliphatic heterocycles. The normalized spacial score (nSPS) is 12.2. The second-order valence-electron chi connectivity index (χ2n) is 4.87. The van der Waals surface area contributed by atoms with Crippen LogP contribution in [0.5, 0.6) is 5.75 Å². The molecule has 0 heterocycles. The molecule has 0 saturated carbocycles. The Balaban J connectivity index is 1.99. The van der Waals surface area contributed by atoms with Crippen molar-refractivity contribution in [3.63, 3.8) is 0 Å². The highest BCUT2D eigenvalue weighted by atomic mass is 19.1. The van der Waals surface area contributed by atoms with Gasteiger partial charge in [-0.15, -0.1) is 0 Å². The zero-order valence-corrected chi connectivity index (χ0v) is 11.9. The van der Waals surface area contributed by atoms with Crippen LogP contribution in [0.4, 0.5) is 4.39 Å². The van der Waals surface area contributed by atoms with Crippen molar-refractivity contribution in [2.24, 2.45) is 0 Å². The first-order chi connectivity index (χ1) is 9.71. The van der Waals surface area contributed by atoms with E-state index in [1.807, 2.05) is 31.3 Å². The third kappa shape index (κ3) is 4.07. The van der Waals surface area contributed by atoms with Crippen molar-refractivity contribution in [1.29, 1.82) is 0 Å². The standard InChI is InChI=1S/C17H20FNO/c1-19-16(11-13-3-7-15(18)8-4-13)12-14-5-9-17(20-2)10-6-14/h3-10,16,19H,11-12H2,1-2H3. The van der Waals surface area contributed by atoms with Crippen LogP contribution in [0.25, 0.3) is 0 Å². The molecule has 1 atom stereocenters. The molecule has 0 radical (unpaired) electrons. The van der Waals surface area contributed by atoms with Gasteiger partial charge in [0.1, 0.15) is 11.6 Å². The number of methoxy groups -OCH3 is 1. The molecule has 0 aromatic heterocycles. The fraction of sp³-hybridized carbons (Fsp3) is 0.294. The Morgan fingerprint density at radius 2 is 1.45 bits per heavy atom. The molecule has 0 aliphatic carbocycles. The van der Waals surface area contributed by atoms with Gasteiger partial charge in [0.05, 0.1) is 7.11 Å². The van der Waals surface area contributed by atoms with E-state index in [1.165, 1.54) is 17.7 Å². The average Bonchev–Trinajstić information content (AvgIpc) is 2.49. The lowest BCUT2D eigenvalue weighted by molar-refractivity contribution is 0.414. The largest absolute Gasteiger partial charge is 0.497 e. The van der Waals surface area contributed by atoms with Crippen molar-refractivity contribution in [3.05, 3.63) is 65.5 Å². The van der Waals surface area contributed by atoms with Gasteiger partial charge in [0.15, 0.2) is 0 Å². The molecule has 0 saturated heterocycles. The Hall–Kier alpha value is -1.87. The third-order valence-corrected chi connectivity index (χ3v) is 3.44. The summed E-state index contributed by atoms with van der Waals surface area (Å²) in [5.74, 6) is 0.679. The number of benzene rings is 2. The monoisotopic (exact) mass is 273 g/mol. The quantitative estimate of drug-likeness (QED) is 0.872. The molecule has 2 aromatic rings. The number of hydrogen-bond acceptors (Lipinski definition) is 2. The SMILES string of the molecule is CNC(Cc1ccc(F)cc1)Cc1ccc(OC)cc1. The zero-order chi connectivity index (χ0) is 14.4. The summed E-state index contributed by atoms with van der Waals surface area (Å²) in [7, 11) is 3.62. The summed E-state index contributed by atoms with van der Waals surface area (Å²) in [4.78, 5) is 0. The van der Waals surface area contributed by atoms with Crippen LogP contribution in [0, 0.1) is 5.82 Å². The first-order valence-electron chi connectivity index (χ1n) is 6.76. The van der Waals surface area contributed by atoms with Gasteiger partial charge < -0.3 is 10.1 Å². The van der Waals surface area contributed by atoms with Crippen LogP contribution in [0.15, 0.2) is 48.5 Å². The van der Waals surface area contributed by atoms with Crippen molar-refractivity contribution in [1.82, 2.24) is 5.32 Å². The Morgan fingerprint density at radius 3 is 1.90 bits per heavy atom. The summed E-state index contributed by atoms with van der Waals surface area (Å²) in [5.41, 5.74) is 2.39. The van der Waals surface area contributed by atoms with Crippen LogP contribution < -0.4 is 10.1 Å². The molecule has 1 N–H and O–H groups in total. The second-order valence-corrected chi connectivity index (χ2v) is 4.87. The molecular formula is C17H20FNO. The highest BCUT2D eigenvalue weighted by molar-refractivity contribution is 5.28. The summed E-state index contributed by atoms with van der Waals surface area (Å²) in [5, 5.41) is 3.32. The van der Waals surface area contributed by atoms with Crippen molar-refractivity contribution < 1.29 is 9.13 Å². The predicted molar refractivity (Wildman–Crippen MR) is 79.6 cm³/mol. The molecule has 106 valence electrons. The summed E-state index contributed by atoms with van der Waals surface area (Å²) < 4.78 is 18.1. The number of rotatable bonds is 6. The lowest BCUT2D eigenvalue weighted by Gasteiger charge is -2.16. The van der Waals surface area contributed by atoms with E-state index in [0.717, 1.165) is 24.2 Å². The minimum Gasteiger partial charge on any atom is -0.497 e. The minimum atomic E-state index is -0.190.